The number of hydrogen-bond donors (Lipinski definition) is 0. The Hall–Kier alpha value is 0.180. The molecule has 0 atom stereocenters. The van der Waals surface area contributed by atoms with Crippen LogP contribution in [0.25, 0.3) is 0 Å². The number of halogens is 1. The average Bonchev–Trinajstić information content (AvgIpc) is 2.62. The molecule has 0 heterocycles. The molecule has 0 bridgehead atoms. The molecule has 0 spiro atoms. The third-order valence-corrected chi connectivity index (χ3v) is 4.00. The molecule has 2 heteroatoms. The van der Waals surface area contributed by atoms with Crippen LogP contribution in [-0.2, 0) is 4.74 Å². The smallest absolute Gasteiger partial charge is 0.0647 e. The van der Waals surface area contributed by atoms with Gasteiger partial charge in [-0.15, -0.1) is 0 Å². The van der Waals surface area contributed by atoms with Gasteiger partial charge in [0.1, 0.15) is 0 Å². The topological polar surface area (TPSA) is 9.23 Å². The Morgan fingerprint density at radius 2 is 2.08 bits per heavy atom. The highest BCUT2D eigenvalue weighted by Crippen LogP contribution is 2.39. The van der Waals surface area contributed by atoms with Crippen molar-refractivity contribution >= 4 is 15.9 Å². The third-order valence-electron chi connectivity index (χ3n) is 2.81. The van der Waals surface area contributed by atoms with E-state index in [1.165, 1.54) is 25.7 Å². The quantitative estimate of drug-likeness (QED) is 0.410. The van der Waals surface area contributed by atoms with Crippen LogP contribution in [0.5, 0.6) is 0 Å². The van der Waals surface area contributed by atoms with E-state index in [0.29, 0.717) is 5.41 Å². The molecule has 13 heavy (non-hydrogen) atoms. The first-order valence-electron chi connectivity index (χ1n) is 5.08. The van der Waals surface area contributed by atoms with Crippen LogP contribution in [-0.4, -0.2) is 18.5 Å². The van der Waals surface area contributed by atoms with Gasteiger partial charge in [-0.3, -0.25) is 0 Å². The van der Waals surface area contributed by atoms with Crippen molar-refractivity contribution in [1.29, 1.82) is 0 Å². The van der Waals surface area contributed by atoms with Gasteiger partial charge in [0, 0.05) is 10.7 Å². The molecule has 1 saturated carbocycles. The van der Waals surface area contributed by atoms with Crippen molar-refractivity contribution in [3.63, 3.8) is 0 Å². The highest BCUT2D eigenvalue weighted by molar-refractivity contribution is 9.09. The SMILES string of the molecule is CC=CCOCC1(CBr)CCCC1. The predicted octanol–water partition coefficient (Wildman–Crippen LogP) is 3.53. The lowest BCUT2D eigenvalue weighted by Gasteiger charge is -2.25. The lowest BCUT2D eigenvalue weighted by molar-refractivity contribution is 0.0774. The molecule has 0 saturated heterocycles. The van der Waals surface area contributed by atoms with Gasteiger partial charge in [0.05, 0.1) is 13.2 Å². The van der Waals surface area contributed by atoms with Crippen LogP contribution >= 0.6 is 15.9 Å². The number of alkyl halides is 1. The fourth-order valence-corrected chi connectivity index (χ4v) is 2.60. The standard InChI is InChI=1S/C11H19BrO/c1-2-3-8-13-10-11(9-12)6-4-5-7-11/h2-3H,4-10H2,1H3. The van der Waals surface area contributed by atoms with E-state index in [9.17, 15) is 0 Å². The summed E-state index contributed by atoms with van der Waals surface area (Å²) < 4.78 is 5.64. The molecule has 1 nitrogen and oxygen atoms in total. The minimum Gasteiger partial charge on any atom is -0.377 e. The molecular formula is C11H19BrO. The maximum atomic E-state index is 5.64. The zero-order valence-electron chi connectivity index (χ0n) is 8.39. The average molecular weight is 247 g/mol. The van der Waals surface area contributed by atoms with Crippen molar-refractivity contribution in [2.45, 2.75) is 32.6 Å². The van der Waals surface area contributed by atoms with Gasteiger partial charge >= 0.3 is 0 Å². The van der Waals surface area contributed by atoms with Crippen molar-refractivity contribution < 1.29 is 4.74 Å². The Kier molecular flexibility index (Phi) is 5.04. The largest absolute Gasteiger partial charge is 0.377 e. The fraction of sp³-hybridized carbons (Fsp3) is 0.818. The van der Waals surface area contributed by atoms with Gasteiger partial charge in [-0.25, -0.2) is 0 Å². The van der Waals surface area contributed by atoms with Gasteiger partial charge in [0.2, 0.25) is 0 Å². The first-order valence-corrected chi connectivity index (χ1v) is 6.20. The summed E-state index contributed by atoms with van der Waals surface area (Å²) in [5.74, 6) is 0. The Bertz CT molecular complexity index is 159. The summed E-state index contributed by atoms with van der Waals surface area (Å²) in [6.45, 7) is 3.72. The van der Waals surface area contributed by atoms with Crippen LogP contribution in [0, 0.1) is 5.41 Å². The maximum Gasteiger partial charge on any atom is 0.0647 e. The lowest BCUT2D eigenvalue weighted by Crippen LogP contribution is -2.25. The van der Waals surface area contributed by atoms with Crippen molar-refractivity contribution in [3.8, 4) is 0 Å². The summed E-state index contributed by atoms with van der Waals surface area (Å²) in [6.07, 6.45) is 9.51. The van der Waals surface area contributed by atoms with E-state index in [2.05, 4.69) is 22.0 Å². The van der Waals surface area contributed by atoms with E-state index in [-0.39, 0.29) is 0 Å². The highest BCUT2D eigenvalue weighted by atomic mass is 79.9. The zero-order valence-corrected chi connectivity index (χ0v) is 9.98. The molecule has 1 aliphatic rings. The Morgan fingerprint density at radius 1 is 1.38 bits per heavy atom. The molecule has 1 fully saturated rings. The summed E-state index contributed by atoms with van der Waals surface area (Å²) in [5, 5.41) is 1.09. The Labute approximate surface area is 89.7 Å². The van der Waals surface area contributed by atoms with Crippen molar-refractivity contribution in [1.82, 2.24) is 0 Å². The molecule has 0 amide bonds. The lowest BCUT2D eigenvalue weighted by atomic mass is 9.90. The van der Waals surface area contributed by atoms with E-state index in [1.807, 2.05) is 13.0 Å². The van der Waals surface area contributed by atoms with Crippen LogP contribution < -0.4 is 0 Å². The van der Waals surface area contributed by atoms with E-state index < -0.39 is 0 Å². The first-order chi connectivity index (χ1) is 6.33. The molecule has 0 aromatic rings. The molecule has 0 N–H and O–H groups in total. The van der Waals surface area contributed by atoms with Gasteiger partial charge in [-0.1, -0.05) is 40.9 Å². The Morgan fingerprint density at radius 3 is 2.62 bits per heavy atom. The van der Waals surface area contributed by atoms with Gasteiger partial charge in [0.15, 0.2) is 0 Å². The fourth-order valence-electron chi connectivity index (χ4n) is 1.88. The van der Waals surface area contributed by atoms with Crippen LogP contribution in [0.4, 0.5) is 0 Å². The van der Waals surface area contributed by atoms with Crippen LogP contribution in [0.1, 0.15) is 32.6 Å². The second kappa shape index (κ2) is 5.82. The van der Waals surface area contributed by atoms with Crippen LogP contribution in [0.2, 0.25) is 0 Å². The molecule has 0 aliphatic heterocycles. The van der Waals surface area contributed by atoms with Gasteiger partial charge in [0.25, 0.3) is 0 Å². The molecule has 1 rings (SSSR count). The van der Waals surface area contributed by atoms with Gasteiger partial charge < -0.3 is 4.74 Å². The normalized spacial score (nSPS) is 21.4. The minimum atomic E-state index is 0.446. The number of rotatable bonds is 5. The molecule has 76 valence electrons. The van der Waals surface area contributed by atoms with Crippen LogP contribution in [0.15, 0.2) is 12.2 Å². The number of ether oxygens (including phenoxy) is 1. The zero-order chi connectivity index (χ0) is 9.57. The first kappa shape index (κ1) is 11.3. The Balaban J connectivity index is 2.23. The summed E-state index contributed by atoms with van der Waals surface area (Å²) >= 11 is 3.60. The van der Waals surface area contributed by atoms with E-state index in [1.54, 1.807) is 0 Å². The predicted molar refractivity (Wildman–Crippen MR) is 60.3 cm³/mol. The summed E-state index contributed by atoms with van der Waals surface area (Å²) in [5.41, 5.74) is 0.446. The maximum absolute atomic E-state index is 5.64. The third kappa shape index (κ3) is 3.43. The molecule has 0 radical (unpaired) electrons. The van der Waals surface area contributed by atoms with Crippen LogP contribution in [0.3, 0.4) is 0 Å². The van der Waals surface area contributed by atoms with E-state index in [0.717, 1.165) is 18.5 Å². The summed E-state index contributed by atoms with van der Waals surface area (Å²) in [6, 6.07) is 0. The minimum absolute atomic E-state index is 0.446. The van der Waals surface area contributed by atoms with Gasteiger partial charge in [-0.2, -0.15) is 0 Å². The number of hydrogen-bond acceptors (Lipinski definition) is 1. The monoisotopic (exact) mass is 246 g/mol. The second-order valence-corrected chi connectivity index (χ2v) is 4.49. The molecule has 0 unspecified atom stereocenters. The summed E-state index contributed by atoms with van der Waals surface area (Å²) in [7, 11) is 0. The highest BCUT2D eigenvalue weighted by Gasteiger charge is 2.32. The summed E-state index contributed by atoms with van der Waals surface area (Å²) in [4.78, 5) is 0. The van der Waals surface area contributed by atoms with E-state index in [4.69, 9.17) is 4.74 Å². The molecular weight excluding hydrogens is 228 g/mol. The molecule has 0 aromatic carbocycles. The van der Waals surface area contributed by atoms with Crippen molar-refractivity contribution in [2.75, 3.05) is 18.5 Å². The second-order valence-electron chi connectivity index (χ2n) is 3.92. The van der Waals surface area contributed by atoms with E-state index >= 15 is 0 Å². The molecule has 0 aromatic heterocycles. The van der Waals surface area contributed by atoms with Crippen molar-refractivity contribution in [2.24, 2.45) is 5.41 Å². The number of allylic oxidation sites excluding steroid dienone is 1. The molecule has 1 aliphatic carbocycles. The van der Waals surface area contributed by atoms with Gasteiger partial charge in [-0.05, 0) is 19.8 Å². The van der Waals surface area contributed by atoms with Crippen molar-refractivity contribution in [3.05, 3.63) is 12.2 Å².